The molecule has 2 rings (SSSR count). The first-order valence-corrected chi connectivity index (χ1v) is 7.43. The monoisotopic (exact) mass is 331 g/mol. The Morgan fingerprint density at radius 2 is 2.25 bits per heavy atom. The number of halogens is 1. The minimum absolute atomic E-state index is 0.624. The molecule has 3 heteroatoms. The Kier molecular flexibility index (Phi) is 4.91. The quantitative estimate of drug-likeness (QED) is 0.509. The highest BCUT2D eigenvalue weighted by Crippen LogP contribution is 2.32. The van der Waals surface area contributed by atoms with E-state index in [1.54, 1.807) is 0 Å². The van der Waals surface area contributed by atoms with Crippen LogP contribution in [0.4, 0.5) is 0 Å². The molecular formula is C13H18INO. The van der Waals surface area contributed by atoms with Crippen LogP contribution in [0.3, 0.4) is 0 Å². The van der Waals surface area contributed by atoms with Crippen molar-refractivity contribution in [1.29, 1.82) is 0 Å². The first-order chi connectivity index (χ1) is 7.92. The van der Waals surface area contributed by atoms with Crippen LogP contribution in [-0.2, 0) is 0 Å². The second-order valence-electron chi connectivity index (χ2n) is 4.12. The second-order valence-corrected chi connectivity index (χ2v) is 5.20. The van der Waals surface area contributed by atoms with E-state index in [1.807, 2.05) is 6.07 Å². The summed E-state index contributed by atoms with van der Waals surface area (Å²) in [5, 5.41) is 3.54. The van der Waals surface area contributed by atoms with Crippen molar-refractivity contribution >= 4 is 22.6 Å². The summed E-state index contributed by atoms with van der Waals surface area (Å²) < 4.78 is 6.88. The zero-order valence-electron chi connectivity index (χ0n) is 9.42. The van der Waals surface area contributed by atoms with Crippen LogP contribution in [-0.4, -0.2) is 24.1 Å². The third-order valence-corrected chi connectivity index (χ3v) is 3.72. The van der Waals surface area contributed by atoms with Crippen molar-refractivity contribution in [2.24, 2.45) is 0 Å². The summed E-state index contributed by atoms with van der Waals surface area (Å²) in [6.45, 7) is 3.06. The van der Waals surface area contributed by atoms with E-state index in [-0.39, 0.29) is 0 Å². The zero-order valence-corrected chi connectivity index (χ0v) is 11.6. The molecule has 1 aliphatic rings. The van der Waals surface area contributed by atoms with Crippen molar-refractivity contribution < 1.29 is 4.74 Å². The summed E-state index contributed by atoms with van der Waals surface area (Å²) in [6, 6.07) is 8.42. The van der Waals surface area contributed by atoms with E-state index in [0.29, 0.717) is 5.92 Å². The molecule has 1 N–H and O–H groups in total. The van der Waals surface area contributed by atoms with E-state index in [1.165, 1.54) is 16.4 Å². The fourth-order valence-corrected chi connectivity index (χ4v) is 2.48. The van der Waals surface area contributed by atoms with Gasteiger partial charge in [-0.25, -0.2) is 0 Å². The SMILES string of the molecule is ICCCNCC1CCOc2ccccc21. The van der Waals surface area contributed by atoms with Crippen LogP contribution in [0, 0.1) is 0 Å². The van der Waals surface area contributed by atoms with Crippen molar-refractivity contribution in [1.82, 2.24) is 5.32 Å². The maximum absolute atomic E-state index is 5.65. The number of hydrogen-bond donors (Lipinski definition) is 1. The van der Waals surface area contributed by atoms with Gasteiger partial charge in [0.05, 0.1) is 6.61 Å². The van der Waals surface area contributed by atoms with Crippen LogP contribution in [0.2, 0.25) is 0 Å². The Labute approximate surface area is 111 Å². The summed E-state index contributed by atoms with van der Waals surface area (Å²) in [5.41, 5.74) is 1.37. The first-order valence-electron chi connectivity index (χ1n) is 5.90. The van der Waals surface area contributed by atoms with Gasteiger partial charge in [-0.15, -0.1) is 0 Å². The number of para-hydroxylation sites is 1. The molecule has 0 amide bonds. The molecule has 1 aromatic carbocycles. The van der Waals surface area contributed by atoms with E-state index in [2.05, 4.69) is 46.1 Å². The van der Waals surface area contributed by atoms with E-state index in [9.17, 15) is 0 Å². The molecule has 88 valence electrons. The number of ether oxygens (including phenoxy) is 1. The highest BCUT2D eigenvalue weighted by Gasteiger charge is 2.20. The molecule has 1 heterocycles. The maximum Gasteiger partial charge on any atom is 0.122 e. The number of benzene rings is 1. The maximum atomic E-state index is 5.65. The van der Waals surface area contributed by atoms with Crippen LogP contribution in [0.5, 0.6) is 5.75 Å². The Morgan fingerprint density at radius 3 is 3.12 bits per heavy atom. The lowest BCUT2D eigenvalue weighted by Crippen LogP contribution is -2.26. The normalized spacial score (nSPS) is 18.9. The predicted molar refractivity (Wildman–Crippen MR) is 75.7 cm³/mol. The van der Waals surface area contributed by atoms with E-state index in [0.717, 1.165) is 31.9 Å². The fraction of sp³-hybridized carbons (Fsp3) is 0.538. The summed E-state index contributed by atoms with van der Waals surface area (Å²) in [4.78, 5) is 0. The molecule has 0 aliphatic carbocycles. The van der Waals surface area contributed by atoms with Gasteiger partial charge in [0.2, 0.25) is 0 Å². The molecule has 0 aromatic heterocycles. The van der Waals surface area contributed by atoms with Crippen molar-refractivity contribution in [3.05, 3.63) is 29.8 Å². The van der Waals surface area contributed by atoms with E-state index >= 15 is 0 Å². The molecule has 0 fully saturated rings. The molecular weight excluding hydrogens is 313 g/mol. The molecule has 0 bridgehead atoms. The third kappa shape index (κ3) is 3.10. The molecule has 0 saturated heterocycles. The molecule has 2 nitrogen and oxygen atoms in total. The molecule has 1 unspecified atom stereocenters. The first kappa shape index (κ1) is 12.2. The predicted octanol–water partition coefficient (Wildman–Crippen LogP) is 2.97. The minimum Gasteiger partial charge on any atom is -0.493 e. The van der Waals surface area contributed by atoms with E-state index < -0.39 is 0 Å². The fourth-order valence-electron chi connectivity index (χ4n) is 2.10. The lowest BCUT2D eigenvalue weighted by Gasteiger charge is -2.26. The average Bonchev–Trinajstić information content (AvgIpc) is 2.35. The van der Waals surface area contributed by atoms with Gasteiger partial charge in [-0.05, 0) is 31.0 Å². The van der Waals surface area contributed by atoms with Crippen LogP contribution in [0.1, 0.15) is 24.3 Å². The largest absolute Gasteiger partial charge is 0.493 e. The Bertz CT molecular complexity index is 329. The van der Waals surface area contributed by atoms with Crippen LogP contribution in [0.15, 0.2) is 24.3 Å². The lowest BCUT2D eigenvalue weighted by molar-refractivity contribution is 0.265. The standard InChI is InChI=1S/C13H18INO/c14-7-3-8-15-10-11-6-9-16-13-5-2-1-4-12(11)13/h1-2,4-5,11,15H,3,6-10H2. The molecule has 1 aliphatic heterocycles. The third-order valence-electron chi connectivity index (χ3n) is 2.96. The molecule has 1 aromatic rings. The van der Waals surface area contributed by atoms with Gasteiger partial charge in [0.15, 0.2) is 0 Å². The molecule has 0 radical (unpaired) electrons. The van der Waals surface area contributed by atoms with Crippen molar-refractivity contribution in [3.8, 4) is 5.75 Å². The van der Waals surface area contributed by atoms with Crippen molar-refractivity contribution in [2.45, 2.75) is 18.8 Å². The Morgan fingerprint density at radius 1 is 1.38 bits per heavy atom. The van der Waals surface area contributed by atoms with Gasteiger partial charge in [0, 0.05) is 16.9 Å². The van der Waals surface area contributed by atoms with Crippen LogP contribution in [0.25, 0.3) is 0 Å². The van der Waals surface area contributed by atoms with Gasteiger partial charge in [-0.1, -0.05) is 40.8 Å². The van der Waals surface area contributed by atoms with Gasteiger partial charge >= 0.3 is 0 Å². The minimum atomic E-state index is 0.624. The number of nitrogens with one attached hydrogen (secondary N) is 1. The summed E-state index contributed by atoms with van der Waals surface area (Å²) in [7, 11) is 0. The highest BCUT2D eigenvalue weighted by molar-refractivity contribution is 14.1. The number of alkyl halides is 1. The lowest BCUT2D eigenvalue weighted by atomic mass is 9.93. The van der Waals surface area contributed by atoms with Gasteiger partial charge < -0.3 is 10.1 Å². The van der Waals surface area contributed by atoms with Crippen molar-refractivity contribution in [2.75, 3.05) is 24.1 Å². The van der Waals surface area contributed by atoms with Gasteiger partial charge in [-0.2, -0.15) is 0 Å². The number of fused-ring (bicyclic) bond motifs is 1. The van der Waals surface area contributed by atoms with Gasteiger partial charge in [-0.3, -0.25) is 0 Å². The van der Waals surface area contributed by atoms with E-state index in [4.69, 9.17) is 4.74 Å². The molecule has 16 heavy (non-hydrogen) atoms. The Hall–Kier alpha value is -0.290. The summed E-state index contributed by atoms with van der Waals surface area (Å²) in [6.07, 6.45) is 2.39. The molecule has 0 saturated carbocycles. The van der Waals surface area contributed by atoms with Crippen molar-refractivity contribution in [3.63, 3.8) is 0 Å². The van der Waals surface area contributed by atoms with Crippen LogP contribution >= 0.6 is 22.6 Å². The number of rotatable bonds is 5. The smallest absolute Gasteiger partial charge is 0.122 e. The molecule has 1 atom stereocenters. The average molecular weight is 331 g/mol. The topological polar surface area (TPSA) is 21.3 Å². The highest BCUT2D eigenvalue weighted by atomic mass is 127. The van der Waals surface area contributed by atoms with Gasteiger partial charge in [0.1, 0.15) is 5.75 Å². The zero-order chi connectivity index (χ0) is 11.2. The summed E-state index contributed by atoms with van der Waals surface area (Å²) in [5.74, 6) is 1.70. The second kappa shape index (κ2) is 6.45. The van der Waals surface area contributed by atoms with Crippen LogP contribution < -0.4 is 10.1 Å². The number of hydrogen-bond acceptors (Lipinski definition) is 2. The molecule has 0 spiro atoms. The Balaban J connectivity index is 1.91. The van der Waals surface area contributed by atoms with Gasteiger partial charge in [0.25, 0.3) is 0 Å². The summed E-state index contributed by atoms with van der Waals surface area (Å²) >= 11 is 2.42.